The van der Waals surface area contributed by atoms with Gasteiger partial charge in [0.05, 0.1) is 14.2 Å². The Bertz CT molecular complexity index is 672. The fourth-order valence-electron chi connectivity index (χ4n) is 1.84. The molecule has 0 spiro atoms. The Kier molecular flexibility index (Phi) is 8.69. The molecule has 8 nitrogen and oxygen atoms in total. The summed E-state index contributed by atoms with van der Waals surface area (Å²) in [6.45, 7) is 3.15. The highest BCUT2D eigenvalue weighted by Crippen LogP contribution is 2.25. The molecular formula is C18H24N2O6. The molecule has 26 heavy (non-hydrogen) atoms. The van der Waals surface area contributed by atoms with Crippen molar-refractivity contribution in [3.05, 3.63) is 29.8 Å². The Balaban J connectivity index is 2.53. The molecule has 0 saturated heterocycles. The molecule has 0 aliphatic rings. The van der Waals surface area contributed by atoms with Crippen molar-refractivity contribution in [3.63, 3.8) is 0 Å². The van der Waals surface area contributed by atoms with Crippen LogP contribution in [0.4, 0.5) is 4.79 Å². The summed E-state index contributed by atoms with van der Waals surface area (Å²) in [5.74, 6) is -0.293. The quantitative estimate of drug-likeness (QED) is 0.539. The zero-order valence-electron chi connectivity index (χ0n) is 15.3. The van der Waals surface area contributed by atoms with Crippen molar-refractivity contribution in [1.29, 1.82) is 0 Å². The van der Waals surface area contributed by atoms with Gasteiger partial charge >= 0.3 is 12.0 Å². The minimum Gasteiger partial charge on any atom is -0.497 e. The maximum Gasteiger partial charge on any atom is 0.331 e. The van der Waals surface area contributed by atoms with Crippen molar-refractivity contribution in [2.24, 2.45) is 0 Å². The molecule has 0 aliphatic heterocycles. The summed E-state index contributed by atoms with van der Waals surface area (Å²) >= 11 is 0. The minimum atomic E-state index is -0.729. The highest BCUT2D eigenvalue weighted by molar-refractivity contribution is 5.96. The van der Waals surface area contributed by atoms with Crippen molar-refractivity contribution in [1.82, 2.24) is 10.6 Å². The largest absolute Gasteiger partial charge is 0.497 e. The number of methoxy groups -OCH3 is 2. The van der Waals surface area contributed by atoms with Gasteiger partial charge < -0.3 is 19.5 Å². The first-order chi connectivity index (χ1) is 12.4. The van der Waals surface area contributed by atoms with E-state index in [0.717, 1.165) is 12.5 Å². The first kappa shape index (κ1) is 21.0. The Morgan fingerprint density at radius 1 is 1.19 bits per heavy atom. The van der Waals surface area contributed by atoms with Crippen LogP contribution in [0.1, 0.15) is 25.8 Å². The highest BCUT2D eigenvalue weighted by Gasteiger charge is 2.11. The summed E-state index contributed by atoms with van der Waals surface area (Å²) in [5.41, 5.74) is 0.612. The molecule has 8 heteroatoms. The third kappa shape index (κ3) is 7.25. The van der Waals surface area contributed by atoms with Crippen molar-refractivity contribution in [2.45, 2.75) is 26.3 Å². The maximum atomic E-state index is 11.7. The van der Waals surface area contributed by atoms with Crippen LogP contribution < -0.4 is 20.1 Å². The van der Waals surface area contributed by atoms with E-state index in [1.165, 1.54) is 20.3 Å². The van der Waals surface area contributed by atoms with E-state index in [-0.39, 0.29) is 6.04 Å². The molecule has 0 aromatic heterocycles. The van der Waals surface area contributed by atoms with Gasteiger partial charge in [-0.25, -0.2) is 9.59 Å². The second kappa shape index (κ2) is 10.8. The average molecular weight is 364 g/mol. The maximum absolute atomic E-state index is 11.7. The van der Waals surface area contributed by atoms with E-state index in [1.54, 1.807) is 18.2 Å². The molecule has 142 valence electrons. The van der Waals surface area contributed by atoms with E-state index in [0.29, 0.717) is 17.1 Å². The molecule has 0 heterocycles. The number of nitrogens with one attached hydrogen (secondary N) is 2. The second-order valence-corrected chi connectivity index (χ2v) is 5.38. The predicted octanol–water partition coefficient (Wildman–Crippen LogP) is 1.88. The van der Waals surface area contributed by atoms with E-state index in [1.807, 2.05) is 13.8 Å². The van der Waals surface area contributed by atoms with Gasteiger partial charge in [0.15, 0.2) is 6.61 Å². The Morgan fingerprint density at radius 2 is 1.92 bits per heavy atom. The monoisotopic (exact) mass is 364 g/mol. The van der Waals surface area contributed by atoms with E-state index in [2.05, 4.69) is 10.6 Å². The highest BCUT2D eigenvalue weighted by atomic mass is 16.5. The minimum absolute atomic E-state index is 0.0638. The van der Waals surface area contributed by atoms with Gasteiger partial charge in [-0.15, -0.1) is 0 Å². The first-order valence-electron chi connectivity index (χ1n) is 8.06. The number of carbonyl (C=O) groups excluding carboxylic acids is 3. The average Bonchev–Trinajstić information content (AvgIpc) is 2.63. The first-order valence-corrected chi connectivity index (χ1v) is 8.06. The van der Waals surface area contributed by atoms with Gasteiger partial charge in [0.2, 0.25) is 0 Å². The van der Waals surface area contributed by atoms with E-state index >= 15 is 0 Å². The SMILES string of the molecule is CC[C@H](C)NC(=O)NC(=O)COC(=O)/C=C/c1cc(OC)ccc1OC. The van der Waals surface area contributed by atoms with Crippen LogP contribution in [0.3, 0.4) is 0 Å². The van der Waals surface area contributed by atoms with Crippen LogP contribution in [0.15, 0.2) is 24.3 Å². The van der Waals surface area contributed by atoms with Gasteiger partial charge in [0.1, 0.15) is 11.5 Å². The van der Waals surface area contributed by atoms with Gasteiger partial charge in [0, 0.05) is 17.7 Å². The number of carbonyl (C=O) groups is 3. The van der Waals surface area contributed by atoms with Crippen molar-refractivity contribution >= 4 is 24.0 Å². The lowest BCUT2D eigenvalue weighted by Crippen LogP contribution is -2.44. The number of amides is 3. The lowest BCUT2D eigenvalue weighted by atomic mass is 10.1. The van der Waals surface area contributed by atoms with Crippen molar-refractivity contribution in [3.8, 4) is 11.5 Å². The van der Waals surface area contributed by atoms with E-state index in [4.69, 9.17) is 14.2 Å². The molecule has 0 unspecified atom stereocenters. The fraction of sp³-hybridized carbons (Fsp3) is 0.389. The molecule has 1 aromatic rings. The number of hydrogen-bond acceptors (Lipinski definition) is 6. The molecule has 0 aliphatic carbocycles. The third-order valence-corrected chi connectivity index (χ3v) is 3.42. The lowest BCUT2D eigenvalue weighted by Gasteiger charge is -2.11. The molecule has 0 bridgehead atoms. The molecule has 1 rings (SSSR count). The summed E-state index contributed by atoms with van der Waals surface area (Å²) in [5, 5.41) is 4.65. The Morgan fingerprint density at radius 3 is 2.54 bits per heavy atom. The molecule has 1 atom stereocenters. The predicted molar refractivity (Wildman–Crippen MR) is 96.0 cm³/mol. The topological polar surface area (TPSA) is 103 Å². The van der Waals surface area contributed by atoms with Crippen molar-refractivity contribution < 1.29 is 28.6 Å². The van der Waals surface area contributed by atoms with E-state index in [9.17, 15) is 14.4 Å². The van der Waals surface area contributed by atoms with Gasteiger partial charge in [0.25, 0.3) is 5.91 Å². The van der Waals surface area contributed by atoms with Crippen LogP contribution in [-0.2, 0) is 14.3 Å². The van der Waals surface area contributed by atoms with Crippen LogP contribution in [0, 0.1) is 0 Å². The number of imide groups is 1. The number of hydrogen-bond donors (Lipinski definition) is 2. The Hall–Kier alpha value is -3.03. The summed E-state index contributed by atoms with van der Waals surface area (Å²) in [6.07, 6.45) is 3.37. The van der Waals surface area contributed by atoms with Gasteiger partial charge in [-0.05, 0) is 37.6 Å². The van der Waals surface area contributed by atoms with Gasteiger partial charge in [-0.2, -0.15) is 0 Å². The molecule has 0 saturated carbocycles. The molecule has 1 aromatic carbocycles. The van der Waals surface area contributed by atoms with Crippen LogP contribution in [-0.4, -0.2) is 44.8 Å². The lowest BCUT2D eigenvalue weighted by molar-refractivity contribution is -0.143. The van der Waals surface area contributed by atoms with Crippen LogP contribution >= 0.6 is 0 Å². The zero-order valence-corrected chi connectivity index (χ0v) is 15.3. The van der Waals surface area contributed by atoms with Gasteiger partial charge in [-0.1, -0.05) is 6.92 Å². The van der Waals surface area contributed by atoms with Crippen LogP contribution in [0.2, 0.25) is 0 Å². The van der Waals surface area contributed by atoms with Crippen LogP contribution in [0.5, 0.6) is 11.5 Å². The molecule has 0 radical (unpaired) electrons. The molecule has 3 amide bonds. The number of benzene rings is 1. The number of esters is 1. The third-order valence-electron chi connectivity index (χ3n) is 3.42. The standard InChI is InChI=1S/C18H24N2O6/c1-5-12(2)19-18(23)20-16(21)11-26-17(22)9-6-13-10-14(24-3)7-8-15(13)25-4/h6-10,12H,5,11H2,1-4H3,(H2,19,20,21,23)/b9-6+/t12-/m0/s1. The fourth-order valence-corrected chi connectivity index (χ4v) is 1.84. The second-order valence-electron chi connectivity index (χ2n) is 5.38. The normalized spacial score (nSPS) is 11.5. The van der Waals surface area contributed by atoms with Crippen molar-refractivity contribution in [2.75, 3.05) is 20.8 Å². The smallest absolute Gasteiger partial charge is 0.331 e. The van der Waals surface area contributed by atoms with Gasteiger partial charge in [-0.3, -0.25) is 10.1 Å². The number of ether oxygens (including phenoxy) is 3. The number of rotatable bonds is 8. The molecule has 0 fully saturated rings. The number of urea groups is 1. The summed E-state index contributed by atoms with van der Waals surface area (Å²) in [4.78, 5) is 34.8. The van der Waals surface area contributed by atoms with E-state index < -0.39 is 24.5 Å². The zero-order chi connectivity index (χ0) is 19.5. The molecular weight excluding hydrogens is 340 g/mol. The summed E-state index contributed by atoms with van der Waals surface area (Å²) in [7, 11) is 3.03. The Labute approximate surface area is 152 Å². The summed E-state index contributed by atoms with van der Waals surface area (Å²) in [6, 6.07) is 4.42. The summed E-state index contributed by atoms with van der Waals surface area (Å²) < 4.78 is 15.1. The molecule has 2 N–H and O–H groups in total. The van der Waals surface area contributed by atoms with Crippen LogP contribution in [0.25, 0.3) is 6.08 Å².